The molecule has 0 radical (unpaired) electrons. The van der Waals surface area contributed by atoms with Gasteiger partial charge in [-0.05, 0) is 24.3 Å². The third-order valence-electron chi connectivity index (χ3n) is 4.53. The van der Waals surface area contributed by atoms with E-state index in [1.807, 2.05) is 30.3 Å². The maximum Gasteiger partial charge on any atom is 0.322 e. The molecule has 1 atom stereocenters. The van der Waals surface area contributed by atoms with Crippen molar-refractivity contribution in [3.05, 3.63) is 42.5 Å². The molecule has 4 rings (SSSR count). The smallest absolute Gasteiger partial charge is 0.322 e. The van der Waals surface area contributed by atoms with Gasteiger partial charge in [0.25, 0.3) is 0 Å². The molecule has 8 nitrogen and oxygen atoms in total. The van der Waals surface area contributed by atoms with Crippen LogP contribution in [-0.2, 0) is 4.74 Å². The van der Waals surface area contributed by atoms with Gasteiger partial charge in [-0.3, -0.25) is 0 Å². The first-order valence-corrected chi connectivity index (χ1v) is 9.05. The first-order chi connectivity index (χ1) is 13.7. The molecule has 28 heavy (non-hydrogen) atoms. The Hall–Kier alpha value is -3.13. The second-order valence-corrected chi connectivity index (χ2v) is 6.43. The summed E-state index contributed by atoms with van der Waals surface area (Å²) in [6.45, 7) is 1.99. The van der Waals surface area contributed by atoms with Gasteiger partial charge in [0.15, 0.2) is 11.5 Å². The molecule has 1 fully saturated rings. The van der Waals surface area contributed by atoms with Crippen LogP contribution < -0.4 is 24.3 Å². The van der Waals surface area contributed by atoms with E-state index in [4.69, 9.17) is 23.7 Å². The highest BCUT2D eigenvalue weighted by atomic mass is 16.7. The fraction of sp³-hybridized carbons (Fsp3) is 0.350. The molecule has 2 aromatic carbocycles. The van der Waals surface area contributed by atoms with Crippen LogP contribution in [-0.4, -0.2) is 57.2 Å². The van der Waals surface area contributed by atoms with Crippen LogP contribution in [0.15, 0.2) is 42.5 Å². The zero-order valence-electron chi connectivity index (χ0n) is 15.6. The SMILES string of the molecule is COc1cccc(NC(=O)N2CCOC(COc3ccc4c(c3)OCO4)C2)c1. The number of benzene rings is 2. The number of nitrogens with zero attached hydrogens (tertiary/aromatic N) is 1. The lowest BCUT2D eigenvalue weighted by molar-refractivity contribution is -0.0337. The number of anilines is 1. The number of morpholine rings is 1. The maximum atomic E-state index is 12.6. The highest BCUT2D eigenvalue weighted by Gasteiger charge is 2.25. The summed E-state index contributed by atoms with van der Waals surface area (Å²) in [7, 11) is 1.59. The Kier molecular flexibility index (Phi) is 5.38. The molecule has 0 bridgehead atoms. The first-order valence-electron chi connectivity index (χ1n) is 9.05. The van der Waals surface area contributed by atoms with Crippen molar-refractivity contribution in [1.29, 1.82) is 0 Å². The minimum Gasteiger partial charge on any atom is -0.497 e. The summed E-state index contributed by atoms with van der Waals surface area (Å²) >= 11 is 0. The predicted molar refractivity (Wildman–Crippen MR) is 101 cm³/mol. The number of carbonyl (C=O) groups is 1. The summed E-state index contributed by atoms with van der Waals surface area (Å²) in [5, 5.41) is 2.89. The zero-order chi connectivity index (χ0) is 19.3. The van der Waals surface area contributed by atoms with Gasteiger partial charge in [0.1, 0.15) is 24.2 Å². The summed E-state index contributed by atoms with van der Waals surface area (Å²) in [5.41, 5.74) is 0.684. The first kappa shape index (κ1) is 18.2. The number of fused-ring (bicyclic) bond motifs is 1. The van der Waals surface area contributed by atoms with Crippen LogP contribution in [0.4, 0.5) is 10.5 Å². The Labute approximate surface area is 162 Å². The summed E-state index contributed by atoms with van der Waals surface area (Å²) in [4.78, 5) is 14.3. The van der Waals surface area contributed by atoms with E-state index in [0.717, 1.165) is 0 Å². The van der Waals surface area contributed by atoms with E-state index in [-0.39, 0.29) is 18.9 Å². The summed E-state index contributed by atoms with van der Waals surface area (Å²) in [6, 6.07) is 12.5. The highest BCUT2D eigenvalue weighted by molar-refractivity contribution is 5.89. The quantitative estimate of drug-likeness (QED) is 0.851. The second-order valence-electron chi connectivity index (χ2n) is 6.43. The number of urea groups is 1. The molecular formula is C20H22N2O6. The largest absolute Gasteiger partial charge is 0.497 e. The molecule has 0 aromatic heterocycles. The van der Waals surface area contributed by atoms with Crippen molar-refractivity contribution in [2.24, 2.45) is 0 Å². The van der Waals surface area contributed by atoms with Gasteiger partial charge in [-0.25, -0.2) is 4.79 Å². The lowest BCUT2D eigenvalue weighted by atomic mass is 10.2. The van der Waals surface area contributed by atoms with Crippen LogP contribution in [0.5, 0.6) is 23.0 Å². The molecule has 1 unspecified atom stereocenters. The molecule has 0 aliphatic carbocycles. The van der Waals surface area contributed by atoms with E-state index in [1.54, 1.807) is 24.1 Å². The van der Waals surface area contributed by atoms with Crippen molar-refractivity contribution in [3.8, 4) is 23.0 Å². The van der Waals surface area contributed by atoms with Crippen LogP contribution in [0.1, 0.15) is 0 Å². The number of amides is 2. The van der Waals surface area contributed by atoms with Gasteiger partial charge in [0.2, 0.25) is 6.79 Å². The number of hydrogen-bond donors (Lipinski definition) is 1. The molecule has 2 aliphatic heterocycles. The van der Waals surface area contributed by atoms with E-state index >= 15 is 0 Å². The normalized spacial score (nSPS) is 17.9. The Morgan fingerprint density at radius 1 is 1.18 bits per heavy atom. The van der Waals surface area contributed by atoms with Gasteiger partial charge in [0.05, 0.1) is 20.3 Å². The third-order valence-corrected chi connectivity index (χ3v) is 4.53. The predicted octanol–water partition coefficient (Wildman–Crippen LogP) is 2.74. The molecule has 1 N–H and O–H groups in total. The van der Waals surface area contributed by atoms with Crippen LogP contribution in [0.3, 0.4) is 0 Å². The maximum absolute atomic E-state index is 12.6. The summed E-state index contributed by atoms with van der Waals surface area (Å²) in [5.74, 6) is 2.74. The lowest BCUT2D eigenvalue weighted by Gasteiger charge is -2.32. The van der Waals surface area contributed by atoms with Gasteiger partial charge in [-0.1, -0.05) is 6.07 Å². The number of methoxy groups -OCH3 is 1. The van der Waals surface area contributed by atoms with Crippen LogP contribution in [0.2, 0.25) is 0 Å². The lowest BCUT2D eigenvalue weighted by Crippen LogP contribution is -2.49. The van der Waals surface area contributed by atoms with Crippen LogP contribution in [0, 0.1) is 0 Å². The van der Waals surface area contributed by atoms with E-state index in [9.17, 15) is 4.79 Å². The number of rotatable bonds is 5. The van der Waals surface area contributed by atoms with Crippen molar-refractivity contribution in [2.45, 2.75) is 6.10 Å². The second kappa shape index (κ2) is 8.26. The molecule has 2 aromatic rings. The Morgan fingerprint density at radius 2 is 2.07 bits per heavy atom. The Balaban J connectivity index is 1.30. The standard InChI is InChI=1S/C20H22N2O6/c1-24-15-4-2-3-14(9-15)21-20(23)22-7-8-25-17(11-22)12-26-16-5-6-18-19(10-16)28-13-27-18/h2-6,9-10,17H,7-8,11-13H2,1H3,(H,21,23). The molecule has 1 saturated heterocycles. The fourth-order valence-electron chi connectivity index (χ4n) is 3.06. The Morgan fingerprint density at radius 3 is 2.96 bits per heavy atom. The van der Waals surface area contributed by atoms with E-state index in [0.29, 0.717) is 55.0 Å². The molecule has 148 valence electrons. The molecular weight excluding hydrogens is 364 g/mol. The zero-order valence-corrected chi connectivity index (χ0v) is 15.6. The third kappa shape index (κ3) is 4.23. The topological polar surface area (TPSA) is 78.5 Å². The van der Waals surface area contributed by atoms with Gasteiger partial charge in [0, 0.05) is 24.4 Å². The molecule has 2 amide bonds. The van der Waals surface area contributed by atoms with Crippen LogP contribution >= 0.6 is 0 Å². The number of hydrogen-bond acceptors (Lipinski definition) is 6. The van der Waals surface area contributed by atoms with E-state index in [1.165, 1.54) is 0 Å². The van der Waals surface area contributed by atoms with Gasteiger partial charge in [-0.15, -0.1) is 0 Å². The van der Waals surface area contributed by atoms with Gasteiger partial charge >= 0.3 is 6.03 Å². The fourth-order valence-corrected chi connectivity index (χ4v) is 3.06. The van der Waals surface area contributed by atoms with Gasteiger partial charge < -0.3 is 33.9 Å². The molecule has 0 spiro atoms. The molecule has 2 heterocycles. The average molecular weight is 386 g/mol. The van der Waals surface area contributed by atoms with Crippen molar-refractivity contribution >= 4 is 11.7 Å². The molecule has 8 heteroatoms. The minimum absolute atomic E-state index is 0.176. The number of carbonyl (C=O) groups excluding carboxylic acids is 1. The Bertz CT molecular complexity index is 843. The van der Waals surface area contributed by atoms with Crippen molar-refractivity contribution in [3.63, 3.8) is 0 Å². The van der Waals surface area contributed by atoms with Crippen molar-refractivity contribution < 1.29 is 28.5 Å². The summed E-state index contributed by atoms with van der Waals surface area (Å²) < 4.78 is 27.4. The van der Waals surface area contributed by atoms with E-state index < -0.39 is 0 Å². The van der Waals surface area contributed by atoms with Crippen molar-refractivity contribution in [2.75, 3.05) is 45.5 Å². The number of nitrogens with one attached hydrogen (secondary N) is 1. The van der Waals surface area contributed by atoms with E-state index in [2.05, 4.69) is 5.32 Å². The number of ether oxygens (including phenoxy) is 5. The highest BCUT2D eigenvalue weighted by Crippen LogP contribution is 2.35. The van der Waals surface area contributed by atoms with Crippen molar-refractivity contribution in [1.82, 2.24) is 4.90 Å². The molecule has 0 saturated carbocycles. The summed E-state index contributed by atoms with van der Waals surface area (Å²) in [6.07, 6.45) is -0.213. The monoisotopic (exact) mass is 386 g/mol. The minimum atomic E-state index is -0.213. The average Bonchev–Trinajstić information content (AvgIpc) is 3.20. The van der Waals surface area contributed by atoms with Crippen LogP contribution in [0.25, 0.3) is 0 Å². The molecule has 2 aliphatic rings. The van der Waals surface area contributed by atoms with Gasteiger partial charge in [-0.2, -0.15) is 0 Å².